The lowest BCUT2D eigenvalue weighted by Gasteiger charge is -2.21. The number of hydrogen-bond acceptors (Lipinski definition) is 3. The third kappa shape index (κ3) is 3.13. The number of anilines is 1. The number of methoxy groups -OCH3 is 1. The highest BCUT2D eigenvalue weighted by Gasteiger charge is 2.16. The average Bonchev–Trinajstić information content (AvgIpc) is 2.80. The van der Waals surface area contributed by atoms with Crippen molar-refractivity contribution in [2.75, 3.05) is 12.4 Å². The minimum atomic E-state index is 0.119. The minimum Gasteiger partial charge on any atom is -0.495 e. The lowest BCUT2D eigenvalue weighted by molar-refractivity contribution is 0.416. The Hall–Kier alpha value is -1.97. The van der Waals surface area contributed by atoms with E-state index in [0.717, 1.165) is 29.2 Å². The molecular weight excluding hydrogens is 250 g/mol. The summed E-state index contributed by atoms with van der Waals surface area (Å²) in [5.74, 6) is 0.860. The molecular formula is C16H23N3O. The Bertz CT molecular complexity index is 582. The van der Waals surface area contributed by atoms with E-state index in [2.05, 4.69) is 48.4 Å². The average molecular weight is 273 g/mol. The van der Waals surface area contributed by atoms with Crippen molar-refractivity contribution in [2.45, 2.75) is 39.7 Å². The van der Waals surface area contributed by atoms with E-state index in [4.69, 9.17) is 4.74 Å². The maximum Gasteiger partial charge on any atom is 0.141 e. The fourth-order valence-corrected chi connectivity index (χ4v) is 2.06. The van der Waals surface area contributed by atoms with Crippen molar-refractivity contribution in [3.8, 4) is 5.75 Å². The van der Waals surface area contributed by atoms with Gasteiger partial charge in [-0.1, -0.05) is 26.8 Å². The zero-order valence-electron chi connectivity index (χ0n) is 12.9. The number of ether oxygens (including phenoxy) is 1. The van der Waals surface area contributed by atoms with Gasteiger partial charge in [0.2, 0.25) is 0 Å². The quantitative estimate of drug-likeness (QED) is 0.894. The van der Waals surface area contributed by atoms with Crippen molar-refractivity contribution in [1.29, 1.82) is 0 Å². The van der Waals surface area contributed by atoms with Crippen LogP contribution in [0.15, 0.2) is 24.4 Å². The Morgan fingerprint density at radius 2 is 2.05 bits per heavy atom. The van der Waals surface area contributed by atoms with Crippen LogP contribution in [0.25, 0.3) is 0 Å². The number of nitrogens with zero attached hydrogens (tertiary/aromatic N) is 1. The van der Waals surface area contributed by atoms with Crippen LogP contribution >= 0.6 is 0 Å². The number of hydrogen-bond donors (Lipinski definition) is 2. The SMILES string of the molecule is COc1ccc(C(C)(C)C)cc1NCc1cn[nH]c1C. The van der Waals surface area contributed by atoms with Gasteiger partial charge in [-0.15, -0.1) is 0 Å². The molecule has 0 aliphatic heterocycles. The Morgan fingerprint density at radius 1 is 1.30 bits per heavy atom. The number of benzene rings is 1. The molecule has 4 heteroatoms. The fourth-order valence-electron chi connectivity index (χ4n) is 2.06. The van der Waals surface area contributed by atoms with Gasteiger partial charge in [-0.05, 0) is 30.0 Å². The van der Waals surface area contributed by atoms with E-state index in [0.29, 0.717) is 0 Å². The van der Waals surface area contributed by atoms with Crippen LogP contribution in [0.3, 0.4) is 0 Å². The van der Waals surface area contributed by atoms with Gasteiger partial charge in [0.25, 0.3) is 0 Å². The molecule has 2 rings (SSSR count). The summed E-state index contributed by atoms with van der Waals surface area (Å²) in [6, 6.07) is 6.30. The molecule has 0 amide bonds. The van der Waals surface area contributed by atoms with Gasteiger partial charge in [-0.2, -0.15) is 5.10 Å². The molecule has 0 spiro atoms. The molecule has 2 N–H and O–H groups in total. The molecule has 0 saturated carbocycles. The number of nitrogens with one attached hydrogen (secondary N) is 2. The maximum atomic E-state index is 5.43. The Morgan fingerprint density at radius 3 is 2.60 bits per heavy atom. The topological polar surface area (TPSA) is 49.9 Å². The van der Waals surface area contributed by atoms with Crippen LogP contribution in [-0.2, 0) is 12.0 Å². The largest absolute Gasteiger partial charge is 0.495 e. The highest BCUT2D eigenvalue weighted by molar-refractivity contribution is 5.59. The highest BCUT2D eigenvalue weighted by atomic mass is 16.5. The second-order valence-electron chi connectivity index (χ2n) is 6.04. The van der Waals surface area contributed by atoms with E-state index in [9.17, 15) is 0 Å². The zero-order valence-corrected chi connectivity index (χ0v) is 12.9. The summed E-state index contributed by atoms with van der Waals surface area (Å²) in [7, 11) is 1.69. The molecule has 0 atom stereocenters. The molecule has 20 heavy (non-hydrogen) atoms. The molecule has 4 nitrogen and oxygen atoms in total. The fraction of sp³-hybridized carbons (Fsp3) is 0.438. The molecule has 2 aromatic rings. The summed E-state index contributed by atoms with van der Waals surface area (Å²) in [5.41, 5.74) is 4.66. The first-order valence-corrected chi connectivity index (χ1v) is 6.83. The molecule has 0 saturated heterocycles. The first kappa shape index (κ1) is 14.4. The molecule has 0 aliphatic rings. The Kier molecular flexibility index (Phi) is 4.02. The predicted octanol–water partition coefficient (Wildman–Crippen LogP) is 3.64. The van der Waals surface area contributed by atoms with Crippen LogP contribution in [0.5, 0.6) is 5.75 Å². The molecule has 108 valence electrons. The minimum absolute atomic E-state index is 0.119. The van der Waals surface area contributed by atoms with Crippen LogP contribution in [0.4, 0.5) is 5.69 Å². The lowest BCUT2D eigenvalue weighted by Crippen LogP contribution is -2.12. The molecule has 1 heterocycles. The molecule has 1 aromatic heterocycles. The van der Waals surface area contributed by atoms with Gasteiger partial charge in [0.05, 0.1) is 19.0 Å². The smallest absolute Gasteiger partial charge is 0.141 e. The summed E-state index contributed by atoms with van der Waals surface area (Å²) in [6.07, 6.45) is 1.85. The van der Waals surface area contributed by atoms with Gasteiger partial charge < -0.3 is 10.1 Å². The van der Waals surface area contributed by atoms with E-state index in [1.807, 2.05) is 19.2 Å². The third-order valence-electron chi connectivity index (χ3n) is 3.47. The van der Waals surface area contributed by atoms with Crippen LogP contribution in [0.2, 0.25) is 0 Å². The molecule has 0 fully saturated rings. The standard InChI is InChI=1S/C16H23N3O/c1-11-12(10-18-19-11)9-17-14-8-13(16(2,3)4)6-7-15(14)20-5/h6-8,10,17H,9H2,1-5H3,(H,18,19). The van der Waals surface area contributed by atoms with E-state index in [-0.39, 0.29) is 5.41 Å². The zero-order chi connectivity index (χ0) is 14.8. The van der Waals surface area contributed by atoms with Crippen LogP contribution in [0, 0.1) is 6.92 Å². The molecule has 0 aliphatic carbocycles. The number of aryl methyl sites for hydroxylation is 1. The third-order valence-corrected chi connectivity index (χ3v) is 3.47. The summed E-state index contributed by atoms with van der Waals surface area (Å²) < 4.78 is 5.43. The van der Waals surface area contributed by atoms with Gasteiger partial charge in [0, 0.05) is 17.8 Å². The van der Waals surface area contributed by atoms with Gasteiger partial charge in [0.1, 0.15) is 5.75 Å². The summed E-state index contributed by atoms with van der Waals surface area (Å²) in [4.78, 5) is 0. The van der Waals surface area contributed by atoms with Crippen molar-refractivity contribution in [2.24, 2.45) is 0 Å². The number of rotatable bonds is 4. The first-order valence-electron chi connectivity index (χ1n) is 6.83. The summed E-state index contributed by atoms with van der Waals surface area (Å²) in [5, 5.41) is 10.4. The van der Waals surface area contributed by atoms with Gasteiger partial charge in [-0.3, -0.25) is 5.10 Å². The molecule has 0 unspecified atom stereocenters. The second kappa shape index (κ2) is 5.57. The van der Waals surface area contributed by atoms with Crippen molar-refractivity contribution < 1.29 is 4.74 Å². The van der Waals surface area contributed by atoms with E-state index in [1.165, 1.54) is 5.56 Å². The normalized spacial score (nSPS) is 11.4. The van der Waals surface area contributed by atoms with Gasteiger partial charge in [0.15, 0.2) is 0 Å². The predicted molar refractivity (Wildman–Crippen MR) is 82.3 cm³/mol. The summed E-state index contributed by atoms with van der Waals surface area (Å²) >= 11 is 0. The van der Waals surface area contributed by atoms with Crippen LogP contribution in [0.1, 0.15) is 37.6 Å². The Labute approximate surface area is 120 Å². The van der Waals surface area contributed by atoms with Gasteiger partial charge >= 0.3 is 0 Å². The van der Waals surface area contributed by atoms with E-state index >= 15 is 0 Å². The number of aromatic amines is 1. The van der Waals surface area contributed by atoms with E-state index in [1.54, 1.807) is 7.11 Å². The van der Waals surface area contributed by atoms with Crippen LogP contribution in [-0.4, -0.2) is 17.3 Å². The van der Waals surface area contributed by atoms with Crippen molar-refractivity contribution >= 4 is 5.69 Å². The van der Waals surface area contributed by atoms with Crippen LogP contribution < -0.4 is 10.1 Å². The molecule has 0 radical (unpaired) electrons. The molecule has 0 bridgehead atoms. The number of H-pyrrole nitrogens is 1. The monoisotopic (exact) mass is 273 g/mol. The maximum absolute atomic E-state index is 5.43. The van der Waals surface area contributed by atoms with Gasteiger partial charge in [-0.25, -0.2) is 0 Å². The van der Waals surface area contributed by atoms with Crippen molar-refractivity contribution in [1.82, 2.24) is 10.2 Å². The van der Waals surface area contributed by atoms with Crippen molar-refractivity contribution in [3.63, 3.8) is 0 Å². The number of aromatic nitrogens is 2. The summed E-state index contributed by atoms with van der Waals surface area (Å²) in [6.45, 7) is 9.37. The van der Waals surface area contributed by atoms with E-state index < -0.39 is 0 Å². The Balaban J connectivity index is 2.23. The highest BCUT2D eigenvalue weighted by Crippen LogP contribution is 2.31. The first-order chi connectivity index (χ1) is 9.41. The lowest BCUT2D eigenvalue weighted by atomic mass is 9.87. The molecule has 1 aromatic carbocycles. The second-order valence-corrected chi connectivity index (χ2v) is 6.04. The van der Waals surface area contributed by atoms with Crippen molar-refractivity contribution in [3.05, 3.63) is 41.2 Å².